The Morgan fingerprint density at radius 3 is 2.67 bits per heavy atom. The van der Waals surface area contributed by atoms with Crippen molar-refractivity contribution in [2.24, 2.45) is 0 Å². The smallest absolute Gasteiger partial charge is 0.250 e. The number of hydrogen-bond acceptors (Lipinski definition) is 1. The van der Waals surface area contributed by atoms with Crippen LogP contribution in [0.4, 0.5) is 8.78 Å². The molecule has 0 aliphatic rings. The number of nitrogens with zero attached hydrogens (tertiary/aromatic N) is 1. The van der Waals surface area contributed by atoms with Gasteiger partial charge in [-0.2, -0.15) is 0 Å². The molecule has 0 spiro atoms. The van der Waals surface area contributed by atoms with E-state index >= 15 is 0 Å². The Hall–Kier alpha value is 0.220. The minimum Gasteiger partial charge on any atom is -0.250 e. The van der Waals surface area contributed by atoms with Gasteiger partial charge in [-0.05, 0) is 34.7 Å². The number of alkyl halides is 3. The van der Waals surface area contributed by atoms with Crippen LogP contribution in [0.15, 0.2) is 12.1 Å². The maximum Gasteiger partial charge on any atom is 0.280 e. The summed E-state index contributed by atoms with van der Waals surface area (Å²) in [7, 11) is 0. The molecule has 0 fully saturated rings. The normalized spacial score (nSPS) is 10.8. The van der Waals surface area contributed by atoms with Crippen molar-refractivity contribution >= 4 is 38.5 Å². The molecule has 0 bridgehead atoms. The predicted octanol–water partition coefficient (Wildman–Crippen LogP) is 3.52. The molecule has 0 atom stereocenters. The summed E-state index contributed by atoms with van der Waals surface area (Å²) in [6, 6.07) is 2.99. The second-order valence-electron chi connectivity index (χ2n) is 2.10. The zero-order valence-corrected chi connectivity index (χ0v) is 9.64. The highest BCUT2D eigenvalue weighted by Gasteiger charge is 2.10. The number of rotatable bonds is 2. The van der Waals surface area contributed by atoms with Crippen molar-refractivity contribution in [1.29, 1.82) is 0 Å². The van der Waals surface area contributed by atoms with Crippen LogP contribution in [0.25, 0.3) is 0 Å². The van der Waals surface area contributed by atoms with Gasteiger partial charge in [0, 0.05) is 8.90 Å². The lowest BCUT2D eigenvalue weighted by molar-refractivity contribution is 0.146. The highest BCUT2D eigenvalue weighted by molar-refractivity contribution is 14.1. The van der Waals surface area contributed by atoms with Crippen LogP contribution in [0.5, 0.6) is 0 Å². The second kappa shape index (κ2) is 4.45. The van der Waals surface area contributed by atoms with Crippen LogP contribution in [0.1, 0.15) is 17.8 Å². The quantitative estimate of drug-likeness (QED) is 0.589. The van der Waals surface area contributed by atoms with E-state index < -0.39 is 6.43 Å². The minimum absolute atomic E-state index is 0.162. The van der Waals surface area contributed by atoms with Gasteiger partial charge >= 0.3 is 0 Å². The van der Waals surface area contributed by atoms with E-state index in [9.17, 15) is 8.78 Å². The van der Waals surface area contributed by atoms with E-state index in [0.29, 0.717) is 11.0 Å². The highest BCUT2D eigenvalue weighted by atomic mass is 127. The minimum atomic E-state index is -2.49. The summed E-state index contributed by atoms with van der Waals surface area (Å²) < 4.78 is 25.2. The fourth-order valence-corrected chi connectivity index (χ4v) is 2.16. The van der Waals surface area contributed by atoms with Gasteiger partial charge in [-0.3, -0.25) is 0 Å². The molecule has 0 N–H and O–H groups in total. The Morgan fingerprint density at radius 1 is 1.50 bits per heavy atom. The molecular weight excluding hydrogens is 343 g/mol. The number of hydrogen-bond donors (Lipinski definition) is 0. The van der Waals surface area contributed by atoms with E-state index in [-0.39, 0.29) is 5.69 Å². The molecule has 0 aliphatic carbocycles. The first-order valence-corrected chi connectivity index (χ1v) is 5.34. The molecule has 1 nitrogen and oxygen atoms in total. The van der Waals surface area contributed by atoms with Crippen LogP contribution in [0, 0.1) is 3.57 Å². The van der Waals surface area contributed by atoms with Crippen molar-refractivity contribution in [3.63, 3.8) is 0 Å². The van der Waals surface area contributed by atoms with Crippen molar-refractivity contribution in [3.05, 3.63) is 27.1 Å². The molecule has 0 amide bonds. The first-order chi connectivity index (χ1) is 5.65. The van der Waals surface area contributed by atoms with E-state index in [1.165, 1.54) is 6.07 Å². The lowest BCUT2D eigenvalue weighted by Crippen LogP contribution is -1.96. The summed E-state index contributed by atoms with van der Waals surface area (Å²) in [5, 5.41) is 0.506. The van der Waals surface area contributed by atoms with Gasteiger partial charge in [0.1, 0.15) is 5.69 Å². The number of pyridine rings is 1. The molecule has 0 radical (unpaired) electrons. The van der Waals surface area contributed by atoms with E-state index in [1.807, 2.05) is 0 Å². The van der Waals surface area contributed by atoms with Gasteiger partial charge in [-0.15, -0.1) is 0 Å². The van der Waals surface area contributed by atoms with Crippen LogP contribution < -0.4 is 0 Å². The molecule has 66 valence electrons. The molecule has 0 saturated carbocycles. The lowest BCUT2D eigenvalue weighted by atomic mass is 10.3. The topological polar surface area (TPSA) is 12.9 Å². The van der Waals surface area contributed by atoms with Gasteiger partial charge < -0.3 is 0 Å². The fourth-order valence-electron chi connectivity index (χ4n) is 0.716. The van der Waals surface area contributed by atoms with Gasteiger partial charge in [0.15, 0.2) is 0 Å². The molecule has 0 unspecified atom stereocenters. The zero-order chi connectivity index (χ0) is 9.14. The third-order valence-electron chi connectivity index (χ3n) is 1.29. The first-order valence-electron chi connectivity index (χ1n) is 3.14. The van der Waals surface area contributed by atoms with Crippen molar-refractivity contribution in [2.45, 2.75) is 11.8 Å². The number of halogens is 4. The number of aromatic nitrogens is 1. The van der Waals surface area contributed by atoms with Crippen LogP contribution in [-0.4, -0.2) is 4.98 Å². The standard InChI is InChI=1S/C7H5BrF2IN/c8-3-6-4(11)1-2-5(12-6)7(9)10/h1-2,7H,3H2. The Labute approximate surface area is 90.8 Å². The van der Waals surface area contributed by atoms with E-state index in [0.717, 1.165) is 3.57 Å². The summed E-state index contributed by atoms with van der Waals surface area (Å²) in [5.74, 6) is 0. The van der Waals surface area contributed by atoms with Crippen LogP contribution in [-0.2, 0) is 5.33 Å². The molecule has 12 heavy (non-hydrogen) atoms. The summed E-state index contributed by atoms with van der Waals surface area (Å²) in [6.07, 6.45) is -2.49. The molecule has 0 aromatic carbocycles. The van der Waals surface area contributed by atoms with Crippen molar-refractivity contribution in [3.8, 4) is 0 Å². The van der Waals surface area contributed by atoms with Gasteiger partial charge in [-0.1, -0.05) is 15.9 Å². The monoisotopic (exact) mass is 347 g/mol. The Bertz CT molecular complexity index is 280. The van der Waals surface area contributed by atoms with Gasteiger partial charge in [0.05, 0.1) is 5.69 Å². The van der Waals surface area contributed by atoms with Crippen LogP contribution in [0.3, 0.4) is 0 Å². The van der Waals surface area contributed by atoms with Crippen LogP contribution >= 0.6 is 38.5 Å². The Kier molecular flexibility index (Phi) is 3.82. The molecule has 1 rings (SSSR count). The van der Waals surface area contributed by atoms with E-state index in [2.05, 4.69) is 43.5 Å². The molecule has 0 saturated heterocycles. The SMILES string of the molecule is FC(F)c1ccc(I)c(CBr)n1. The van der Waals surface area contributed by atoms with Crippen LogP contribution in [0.2, 0.25) is 0 Å². The molecule has 1 aromatic heterocycles. The van der Waals surface area contributed by atoms with Crippen molar-refractivity contribution in [1.82, 2.24) is 4.98 Å². The van der Waals surface area contributed by atoms with Gasteiger partial charge in [0.25, 0.3) is 6.43 Å². The largest absolute Gasteiger partial charge is 0.280 e. The van der Waals surface area contributed by atoms with Gasteiger partial charge in [0.2, 0.25) is 0 Å². The summed E-state index contributed by atoms with van der Waals surface area (Å²) in [4.78, 5) is 3.79. The maximum atomic E-state index is 12.1. The third-order valence-corrected chi connectivity index (χ3v) is 2.80. The summed E-state index contributed by atoms with van der Waals surface area (Å²) in [6.45, 7) is 0. The highest BCUT2D eigenvalue weighted by Crippen LogP contribution is 2.20. The Morgan fingerprint density at radius 2 is 2.17 bits per heavy atom. The van der Waals surface area contributed by atoms with Crippen molar-refractivity contribution in [2.75, 3.05) is 0 Å². The van der Waals surface area contributed by atoms with E-state index in [4.69, 9.17) is 0 Å². The lowest BCUT2D eigenvalue weighted by Gasteiger charge is -2.02. The zero-order valence-electron chi connectivity index (χ0n) is 5.90. The predicted molar refractivity (Wildman–Crippen MR) is 54.5 cm³/mol. The van der Waals surface area contributed by atoms with E-state index in [1.54, 1.807) is 6.07 Å². The molecule has 1 heterocycles. The summed E-state index contributed by atoms with van der Waals surface area (Å²) in [5.41, 5.74) is 0.498. The summed E-state index contributed by atoms with van der Waals surface area (Å²) >= 11 is 5.24. The Balaban J connectivity index is 3.05. The molecule has 0 aliphatic heterocycles. The maximum absolute atomic E-state index is 12.1. The van der Waals surface area contributed by atoms with Crippen molar-refractivity contribution < 1.29 is 8.78 Å². The third kappa shape index (κ3) is 2.35. The average molecular weight is 348 g/mol. The molecular formula is C7H5BrF2IN. The fraction of sp³-hybridized carbons (Fsp3) is 0.286. The van der Waals surface area contributed by atoms with Gasteiger partial charge in [-0.25, -0.2) is 13.8 Å². The average Bonchev–Trinajstić information content (AvgIpc) is 2.05. The molecule has 5 heteroatoms. The second-order valence-corrected chi connectivity index (χ2v) is 3.82. The molecule has 1 aromatic rings. The first kappa shape index (κ1) is 10.3.